The highest BCUT2D eigenvalue weighted by molar-refractivity contribution is 9.10. The molecule has 0 radical (unpaired) electrons. The summed E-state index contributed by atoms with van der Waals surface area (Å²) >= 11 is 3.69. The first-order chi connectivity index (χ1) is 9.51. The number of rotatable bonds is 5. The van der Waals surface area contributed by atoms with Crippen molar-refractivity contribution in [2.75, 3.05) is 33.7 Å². The highest BCUT2D eigenvalue weighted by Gasteiger charge is 2.20. The molecule has 0 bridgehead atoms. The Hall–Kier alpha value is -0.390. The molecule has 0 amide bonds. The summed E-state index contributed by atoms with van der Waals surface area (Å²) in [6.07, 6.45) is 2.65. The zero-order chi connectivity index (χ0) is 14.7. The van der Waals surface area contributed by atoms with Gasteiger partial charge in [0.2, 0.25) is 0 Å². The van der Waals surface area contributed by atoms with E-state index in [1.165, 1.54) is 42.6 Å². The molecule has 0 spiro atoms. The zero-order valence-corrected chi connectivity index (χ0v) is 14.8. The van der Waals surface area contributed by atoms with Crippen molar-refractivity contribution >= 4 is 15.9 Å². The number of hydrogen-bond acceptors (Lipinski definition) is 3. The molecule has 114 valence electrons. The Morgan fingerprint density at radius 1 is 1.35 bits per heavy atom. The van der Waals surface area contributed by atoms with Crippen molar-refractivity contribution in [3.8, 4) is 0 Å². The zero-order valence-electron chi connectivity index (χ0n) is 13.2. The predicted molar refractivity (Wildman–Crippen MR) is 86.9 cm³/mol. The summed E-state index contributed by atoms with van der Waals surface area (Å²) in [7, 11) is 4.45. The second-order valence-corrected chi connectivity index (χ2v) is 6.90. The van der Waals surface area contributed by atoms with Crippen LogP contribution in [0, 0.1) is 12.8 Å². The van der Waals surface area contributed by atoms with Gasteiger partial charge in [0.05, 0.1) is 15.9 Å². The first-order valence-electron chi connectivity index (χ1n) is 7.60. The van der Waals surface area contributed by atoms with Crippen molar-refractivity contribution in [3.05, 3.63) is 15.9 Å². The molecule has 0 N–H and O–H groups in total. The van der Waals surface area contributed by atoms with Gasteiger partial charge in [-0.15, -0.1) is 0 Å². The maximum atomic E-state index is 4.57. The van der Waals surface area contributed by atoms with E-state index < -0.39 is 0 Å². The molecular formula is C15H27BrN4. The van der Waals surface area contributed by atoms with E-state index >= 15 is 0 Å². The summed E-state index contributed by atoms with van der Waals surface area (Å²) in [4.78, 5) is 4.88. The Bertz CT molecular complexity index is 435. The maximum absolute atomic E-state index is 4.57. The van der Waals surface area contributed by atoms with Crippen LogP contribution in [0.1, 0.15) is 31.2 Å². The Labute approximate surface area is 131 Å². The Morgan fingerprint density at radius 3 is 2.60 bits per heavy atom. The van der Waals surface area contributed by atoms with Crippen molar-refractivity contribution < 1.29 is 0 Å². The van der Waals surface area contributed by atoms with E-state index in [4.69, 9.17) is 0 Å². The fourth-order valence-corrected chi connectivity index (χ4v) is 3.44. The maximum Gasteiger partial charge on any atom is 0.0739 e. The molecule has 1 aromatic rings. The summed E-state index contributed by atoms with van der Waals surface area (Å²) in [6.45, 7) is 9.80. The second kappa shape index (κ2) is 7.05. The monoisotopic (exact) mass is 342 g/mol. The predicted octanol–water partition coefficient (Wildman–Crippen LogP) is 2.75. The SMILES string of the molecule is CCn1nc(C)c(Br)c1CN(C)CC1CCN(C)CC1. The van der Waals surface area contributed by atoms with Gasteiger partial charge in [0, 0.05) is 19.6 Å². The molecule has 1 fully saturated rings. The average molecular weight is 343 g/mol. The topological polar surface area (TPSA) is 24.3 Å². The Kier molecular flexibility index (Phi) is 5.64. The molecule has 2 heterocycles. The van der Waals surface area contributed by atoms with Gasteiger partial charge in [-0.3, -0.25) is 4.68 Å². The summed E-state index contributed by atoms with van der Waals surface area (Å²) in [5, 5.41) is 4.57. The molecule has 20 heavy (non-hydrogen) atoms. The standard InChI is InChI=1S/C15H27BrN4/c1-5-20-14(15(16)12(2)17-20)11-19(4)10-13-6-8-18(3)9-7-13/h13H,5-11H2,1-4H3. The number of aromatic nitrogens is 2. The van der Waals surface area contributed by atoms with Crippen molar-refractivity contribution in [2.24, 2.45) is 5.92 Å². The Morgan fingerprint density at radius 2 is 2.00 bits per heavy atom. The van der Waals surface area contributed by atoms with Crippen LogP contribution < -0.4 is 0 Å². The first kappa shape index (κ1) is 16.0. The Balaban J connectivity index is 1.93. The number of nitrogens with zero attached hydrogens (tertiary/aromatic N) is 4. The fraction of sp³-hybridized carbons (Fsp3) is 0.800. The van der Waals surface area contributed by atoms with Crippen molar-refractivity contribution in [1.29, 1.82) is 0 Å². The van der Waals surface area contributed by atoms with Crippen molar-refractivity contribution in [3.63, 3.8) is 0 Å². The van der Waals surface area contributed by atoms with Gasteiger partial charge in [0.1, 0.15) is 0 Å². The number of aryl methyl sites for hydroxylation is 2. The molecule has 0 aliphatic carbocycles. The average Bonchev–Trinajstić information content (AvgIpc) is 2.69. The van der Waals surface area contributed by atoms with Gasteiger partial charge >= 0.3 is 0 Å². The van der Waals surface area contributed by atoms with Gasteiger partial charge in [0.15, 0.2) is 0 Å². The van der Waals surface area contributed by atoms with E-state index in [0.717, 1.165) is 24.7 Å². The van der Waals surface area contributed by atoms with E-state index in [1.54, 1.807) is 0 Å². The highest BCUT2D eigenvalue weighted by atomic mass is 79.9. The molecule has 1 saturated heterocycles. The van der Waals surface area contributed by atoms with Crippen LogP contribution in [0.5, 0.6) is 0 Å². The van der Waals surface area contributed by atoms with Gasteiger partial charge in [-0.25, -0.2) is 0 Å². The van der Waals surface area contributed by atoms with Crippen molar-refractivity contribution in [2.45, 2.75) is 39.8 Å². The van der Waals surface area contributed by atoms with Crippen LogP contribution in [0.2, 0.25) is 0 Å². The lowest BCUT2D eigenvalue weighted by Crippen LogP contribution is -2.35. The number of likely N-dealkylation sites (tertiary alicyclic amines) is 1. The number of piperidine rings is 1. The van der Waals surface area contributed by atoms with E-state index in [0.29, 0.717) is 0 Å². The molecule has 5 heteroatoms. The summed E-state index contributed by atoms with van der Waals surface area (Å²) in [6, 6.07) is 0. The third-order valence-corrected chi connectivity index (χ3v) is 5.31. The summed E-state index contributed by atoms with van der Waals surface area (Å²) < 4.78 is 3.29. The molecule has 0 unspecified atom stereocenters. The quantitative estimate of drug-likeness (QED) is 0.822. The van der Waals surface area contributed by atoms with Crippen LogP contribution in [0.25, 0.3) is 0 Å². The minimum Gasteiger partial charge on any atom is -0.306 e. The molecular weight excluding hydrogens is 316 g/mol. The summed E-state index contributed by atoms with van der Waals surface area (Å²) in [5.74, 6) is 0.842. The van der Waals surface area contributed by atoms with Crippen LogP contribution in [0.4, 0.5) is 0 Å². The van der Waals surface area contributed by atoms with Gasteiger partial charge < -0.3 is 9.80 Å². The lowest BCUT2D eigenvalue weighted by Gasteiger charge is -2.31. The van der Waals surface area contributed by atoms with Crippen LogP contribution in [0.3, 0.4) is 0 Å². The van der Waals surface area contributed by atoms with Crippen molar-refractivity contribution in [1.82, 2.24) is 19.6 Å². The molecule has 1 aromatic heterocycles. The van der Waals surface area contributed by atoms with Crippen LogP contribution in [-0.2, 0) is 13.1 Å². The first-order valence-corrected chi connectivity index (χ1v) is 8.39. The van der Waals surface area contributed by atoms with Gasteiger partial charge in [0.25, 0.3) is 0 Å². The molecule has 0 atom stereocenters. The van der Waals surface area contributed by atoms with Crippen LogP contribution in [0.15, 0.2) is 4.47 Å². The lowest BCUT2D eigenvalue weighted by atomic mass is 9.96. The van der Waals surface area contributed by atoms with Crippen LogP contribution >= 0.6 is 15.9 Å². The molecule has 2 rings (SSSR count). The fourth-order valence-electron chi connectivity index (χ4n) is 3.03. The normalized spacial score (nSPS) is 18.1. The molecule has 0 aromatic carbocycles. The molecule has 4 nitrogen and oxygen atoms in total. The van der Waals surface area contributed by atoms with E-state index in [-0.39, 0.29) is 0 Å². The van der Waals surface area contributed by atoms with Gasteiger partial charge in [-0.05, 0) is 75.7 Å². The highest BCUT2D eigenvalue weighted by Crippen LogP contribution is 2.23. The lowest BCUT2D eigenvalue weighted by molar-refractivity contribution is 0.171. The van der Waals surface area contributed by atoms with E-state index in [1.807, 2.05) is 0 Å². The largest absolute Gasteiger partial charge is 0.306 e. The van der Waals surface area contributed by atoms with E-state index in [2.05, 4.69) is 63.5 Å². The smallest absolute Gasteiger partial charge is 0.0739 e. The molecule has 1 aliphatic rings. The number of hydrogen-bond donors (Lipinski definition) is 0. The summed E-state index contributed by atoms with van der Waals surface area (Å²) in [5.41, 5.74) is 2.40. The number of halogens is 1. The third kappa shape index (κ3) is 3.83. The minimum atomic E-state index is 0.842. The van der Waals surface area contributed by atoms with Crippen LogP contribution in [-0.4, -0.2) is 53.3 Å². The van der Waals surface area contributed by atoms with Gasteiger partial charge in [-0.1, -0.05) is 0 Å². The van der Waals surface area contributed by atoms with Gasteiger partial charge in [-0.2, -0.15) is 5.10 Å². The minimum absolute atomic E-state index is 0.842. The van der Waals surface area contributed by atoms with E-state index in [9.17, 15) is 0 Å². The molecule has 0 saturated carbocycles. The third-order valence-electron chi connectivity index (χ3n) is 4.28. The second-order valence-electron chi connectivity index (χ2n) is 6.11. The molecule has 1 aliphatic heterocycles.